The number of amides is 2. The number of ether oxygens (including phenoxy) is 1. The zero-order valence-electron chi connectivity index (χ0n) is 13.6. The van der Waals surface area contributed by atoms with Gasteiger partial charge in [-0.2, -0.15) is 11.8 Å². The molecule has 2 aliphatic heterocycles. The van der Waals surface area contributed by atoms with E-state index in [2.05, 4.69) is 10.6 Å². The van der Waals surface area contributed by atoms with E-state index in [4.69, 9.17) is 4.74 Å². The highest BCUT2D eigenvalue weighted by Gasteiger charge is 2.41. The van der Waals surface area contributed by atoms with Crippen molar-refractivity contribution in [1.82, 2.24) is 10.6 Å². The van der Waals surface area contributed by atoms with Crippen molar-refractivity contribution >= 4 is 41.1 Å². The first-order chi connectivity index (χ1) is 12.1. The van der Waals surface area contributed by atoms with Gasteiger partial charge in [0.15, 0.2) is 12.4 Å². The number of nitrogens with one attached hydrogen (secondary N) is 2. The van der Waals surface area contributed by atoms with E-state index in [0.717, 1.165) is 18.6 Å². The Morgan fingerprint density at radius 2 is 2.12 bits per heavy atom. The molecule has 6 nitrogen and oxygen atoms in total. The molecule has 0 aliphatic carbocycles. The number of ketones is 1. The largest absolute Gasteiger partial charge is 0.484 e. The number of para-hydroxylation sites is 1. The lowest BCUT2D eigenvalue weighted by Gasteiger charge is -2.36. The first kappa shape index (κ1) is 18.1. The van der Waals surface area contributed by atoms with Gasteiger partial charge in [-0.15, -0.1) is 11.8 Å². The molecule has 134 valence electrons. The molecule has 25 heavy (non-hydrogen) atoms. The SMILES string of the molecule is O=C(COc1ccccc1)N[C@@H]1C(=O)N[C@@H]1SCC(=O)[C@@H]1CCCS1. The summed E-state index contributed by atoms with van der Waals surface area (Å²) in [6, 6.07) is 8.40. The van der Waals surface area contributed by atoms with E-state index in [9.17, 15) is 14.4 Å². The number of rotatable bonds is 8. The molecule has 2 heterocycles. The maximum atomic E-state index is 12.1. The lowest BCUT2D eigenvalue weighted by molar-refractivity contribution is -0.134. The summed E-state index contributed by atoms with van der Waals surface area (Å²) >= 11 is 3.08. The Hall–Kier alpha value is -1.67. The van der Waals surface area contributed by atoms with Gasteiger partial charge < -0.3 is 15.4 Å². The summed E-state index contributed by atoms with van der Waals surface area (Å²) in [5.41, 5.74) is 0. The maximum absolute atomic E-state index is 12.1. The number of thioether (sulfide) groups is 2. The van der Waals surface area contributed by atoms with Gasteiger partial charge in [-0.25, -0.2) is 0 Å². The van der Waals surface area contributed by atoms with Crippen LogP contribution in [0.5, 0.6) is 5.75 Å². The minimum atomic E-state index is -0.610. The molecular formula is C17H20N2O4S2. The third kappa shape index (κ3) is 4.92. The van der Waals surface area contributed by atoms with Gasteiger partial charge in [-0.05, 0) is 30.7 Å². The van der Waals surface area contributed by atoms with Crippen molar-refractivity contribution < 1.29 is 19.1 Å². The van der Waals surface area contributed by atoms with Crippen molar-refractivity contribution in [2.45, 2.75) is 29.5 Å². The molecule has 2 fully saturated rings. The van der Waals surface area contributed by atoms with Crippen molar-refractivity contribution in [1.29, 1.82) is 0 Å². The highest BCUT2D eigenvalue weighted by Crippen LogP contribution is 2.29. The van der Waals surface area contributed by atoms with Crippen molar-refractivity contribution in [2.24, 2.45) is 0 Å². The van der Waals surface area contributed by atoms with Crippen molar-refractivity contribution in [3.63, 3.8) is 0 Å². The van der Waals surface area contributed by atoms with Crippen molar-refractivity contribution in [3.8, 4) is 5.75 Å². The summed E-state index contributed by atoms with van der Waals surface area (Å²) in [6.07, 6.45) is 2.03. The van der Waals surface area contributed by atoms with Gasteiger partial charge in [-0.1, -0.05) is 18.2 Å². The van der Waals surface area contributed by atoms with E-state index < -0.39 is 6.04 Å². The van der Waals surface area contributed by atoms with Crippen LogP contribution in [0, 0.1) is 0 Å². The molecule has 2 aliphatic rings. The Bertz CT molecular complexity index is 635. The highest BCUT2D eigenvalue weighted by molar-refractivity contribution is 8.02. The minimum absolute atomic E-state index is 0.0931. The van der Waals surface area contributed by atoms with Crippen LogP contribution in [-0.2, 0) is 14.4 Å². The van der Waals surface area contributed by atoms with Crippen LogP contribution < -0.4 is 15.4 Å². The van der Waals surface area contributed by atoms with Crippen LogP contribution >= 0.6 is 23.5 Å². The van der Waals surface area contributed by atoms with Crippen molar-refractivity contribution in [2.75, 3.05) is 18.1 Å². The van der Waals surface area contributed by atoms with Gasteiger partial charge in [0.1, 0.15) is 17.2 Å². The second kappa shape index (κ2) is 8.62. The van der Waals surface area contributed by atoms with Crippen LogP contribution in [0.15, 0.2) is 30.3 Å². The third-order valence-corrected chi connectivity index (χ3v) is 6.62. The average Bonchev–Trinajstić information content (AvgIpc) is 3.17. The number of benzene rings is 1. The number of hydrogen-bond donors (Lipinski definition) is 2. The number of Topliss-reactive ketones (excluding diaryl/α,β-unsaturated/α-hetero) is 1. The smallest absolute Gasteiger partial charge is 0.258 e. The topological polar surface area (TPSA) is 84.5 Å². The fourth-order valence-electron chi connectivity index (χ4n) is 2.61. The van der Waals surface area contributed by atoms with Crippen LogP contribution in [0.4, 0.5) is 0 Å². The van der Waals surface area contributed by atoms with Gasteiger partial charge in [-0.3, -0.25) is 14.4 Å². The Kier molecular flexibility index (Phi) is 6.25. The number of carbonyl (C=O) groups is 3. The molecule has 8 heteroatoms. The van der Waals surface area contributed by atoms with E-state index in [1.54, 1.807) is 23.9 Å². The molecule has 2 amide bonds. The second-order valence-electron chi connectivity index (χ2n) is 5.86. The Labute approximate surface area is 154 Å². The number of β-lactam (4-membered cyclic amide) rings is 1. The lowest BCUT2D eigenvalue weighted by atomic mass is 10.1. The van der Waals surface area contributed by atoms with Gasteiger partial charge in [0.05, 0.1) is 11.0 Å². The molecule has 0 unspecified atom stereocenters. The first-order valence-electron chi connectivity index (χ1n) is 8.17. The molecule has 2 saturated heterocycles. The molecule has 3 atom stereocenters. The number of carbonyl (C=O) groups excluding carboxylic acids is 3. The molecule has 0 saturated carbocycles. The maximum Gasteiger partial charge on any atom is 0.258 e. The predicted octanol–water partition coefficient (Wildman–Crippen LogP) is 1.20. The van der Waals surface area contributed by atoms with Gasteiger partial charge in [0.25, 0.3) is 5.91 Å². The third-order valence-electron chi connectivity index (χ3n) is 3.99. The quantitative estimate of drug-likeness (QED) is 0.660. The molecule has 0 aromatic heterocycles. The number of hydrogen-bond acceptors (Lipinski definition) is 6. The summed E-state index contributed by atoms with van der Waals surface area (Å²) in [7, 11) is 0. The van der Waals surface area contributed by atoms with Crippen LogP contribution in [0.2, 0.25) is 0 Å². The molecular weight excluding hydrogens is 360 g/mol. The minimum Gasteiger partial charge on any atom is -0.484 e. The summed E-state index contributed by atoms with van der Waals surface area (Å²) < 4.78 is 5.37. The Morgan fingerprint density at radius 1 is 1.32 bits per heavy atom. The molecule has 0 radical (unpaired) electrons. The van der Waals surface area contributed by atoms with Crippen LogP contribution in [-0.4, -0.2) is 52.4 Å². The van der Waals surface area contributed by atoms with Crippen LogP contribution in [0.3, 0.4) is 0 Å². The summed E-state index contributed by atoms with van der Waals surface area (Å²) in [4.78, 5) is 35.7. The van der Waals surface area contributed by atoms with Gasteiger partial charge >= 0.3 is 0 Å². The standard InChI is InChI=1S/C17H20N2O4S2/c20-12(13-7-4-8-24-13)10-25-17-15(16(22)19-17)18-14(21)9-23-11-5-2-1-3-6-11/h1-3,5-6,13,15,17H,4,7-10H2,(H,18,21)(H,19,22)/t13-,15+,17+/m0/s1. The Morgan fingerprint density at radius 3 is 2.80 bits per heavy atom. The van der Waals surface area contributed by atoms with E-state index in [-0.39, 0.29) is 34.8 Å². The van der Waals surface area contributed by atoms with E-state index in [0.29, 0.717) is 11.5 Å². The van der Waals surface area contributed by atoms with Crippen molar-refractivity contribution in [3.05, 3.63) is 30.3 Å². The summed E-state index contributed by atoms with van der Waals surface area (Å²) in [5, 5.41) is 5.23. The van der Waals surface area contributed by atoms with E-state index in [1.165, 1.54) is 11.8 Å². The molecule has 1 aromatic rings. The Balaban J connectivity index is 1.40. The highest BCUT2D eigenvalue weighted by atomic mass is 32.2. The second-order valence-corrected chi connectivity index (χ2v) is 8.30. The van der Waals surface area contributed by atoms with Crippen LogP contribution in [0.25, 0.3) is 0 Å². The normalized spacial score (nSPS) is 25.0. The summed E-state index contributed by atoms with van der Waals surface area (Å²) in [5.74, 6) is 1.63. The van der Waals surface area contributed by atoms with Gasteiger partial charge in [0, 0.05) is 0 Å². The fraction of sp³-hybridized carbons (Fsp3) is 0.471. The first-order valence-corrected chi connectivity index (χ1v) is 10.3. The average molecular weight is 380 g/mol. The lowest BCUT2D eigenvalue weighted by Crippen LogP contribution is -2.68. The van der Waals surface area contributed by atoms with Gasteiger partial charge in [0.2, 0.25) is 5.91 Å². The molecule has 1 aromatic carbocycles. The van der Waals surface area contributed by atoms with E-state index in [1.807, 2.05) is 18.2 Å². The zero-order chi connectivity index (χ0) is 17.6. The summed E-state index contributed by atoms with van der Waals surface area (Å²) in [6.45, 7) is -0.150. The zero-order valence-corrected chi connectivity index (χ0v) is 15.2. The fourth-order valence-corrected chi connectivity index (χ4v) is 5.07. The predicted molar refractivity (Wildman–Crippen MR) is 98.7 cm³/mol. The molecule has 0 spiro atoms. The van der Waals surface area contributed by atoms with E-state index >= 15 is 0 Å². The monoisotopic (exact) mass is 380 g/mol. The molecule has 3 rings (SSSR count). The molecule has 0 bridgehead atoms. The molecule has 2 N–H and O–H groups in total. The van der Waals surface area contributed by atoms with Crippen LogP contribution in [0.1, 0.15) is 12.8 Å².